The van der Waals surface area contributed by atoms with Gasteiger partial charge in [0.25, 0.3) is 5.91 Å². The molecule has 9 nitrogen and oxygen atoms in total. The van der Waals surface area contributed by atoms with E-state index in [1.807, 2.05) is 6.92 Å². The number of furan rings is 1. The quantitative estimate of drug-likeness (QED) is 0.346. The minimum Gasteiger partial charge on any atom is -0.468 e. The molecule has 0 spiro atoms. The van der Waals surface area contributed by atoms with Gasteiger partial charge in [0.15, 0.2) is 5.11 Å². The van der Waals surface area contributed by atoms with Crippen molar-refractivity contribution in [1.82, 2.24) is 20.9 Å². The fourth-order valence-corrected chi connectivity index (χ4v) is 4.01. The SMILES string of the molecule is COCC(C)NC(=S)NNC(=O)c1ccc(Cl)c(S(=O)(=O)NCc2ccco2)c1. The molecule has 1 amide bonds. The average molecular weight is 461 g/mol. The number of ether oxygens (including phenoxy) is 1. The minimum absolute atomic E-state index is 0.0213. The van der Waals surface area contributed by atoms with Crippen molar-refractivity contribution in [2.75, 3.05) is 13.7 Å². The molecule has 0 aliphatic carbocycles. The fraction of sp³-hybridized carbons (Fsp3) is 0.294. The second-order valence-corrected chi connectivity index (χ2v) is 8.51. The van der Waals surface area contributed by atoms with Gasteiger partial charge >= 0.3 is 0 Å². The van der Waals surface area contributed by atoms with Gasteiger partial charge in [0.05, 0.1) is 24.4 Å². The van der Waals surface area contributed by atoms with Gasteiger partial charge < -0.3 is 14.5 Å². The third kappa shape index (κ3) is 6.98. The molecule has 1 aromatic heterocycles. The molecule has 2 aromatic rings. The van der Waals surface area contributed by atoms with Crippen LogP contribution >= 0.6 is 23.8 Å². The number of hydrogen-bond acceptors (Lipinski definition) is 6. The summed E-state index contributed by atoms with van der Waals surface area (Å²) in [5, 5.41) is 3.07. The average Bonchev–Trinajstić information content (AvgIpc) is 3.18. The first-order chi connectivity index (χ1) is 13.7. The first kappa shape index (κ1) is 23.1. The van der Waals surface area contributed by atoms with Gasteiger partial charge in [-0.25, -0.2) is 13.1 Å². The van der Waals surface area contributed by atoms with Crippen LogP contribution < -0.4 is 20.9 Å². The second-order valence-electron chi connectivity index (χ2n) is 5.96. The molecule has 0 radical (unpaired) electrons. The zero-order chi connectivity index (χ0) is 21.4. The number of carbonyl (C=O) groups is 1. The number of benzene rings is 1. The van der Waals surface area contributed by atoms with Crippen molar-refractivity contribution >= 4 is 44.9 Å². The van der Waals surface area contributed by atoms with Crippen molar-refractivity contribution in [1.29, 1.82) is 0 Å². The number of sulfonamides is 1. The Morgan fingerprint density at radius 3 is 2.72 bits per heavy atom. The molecule has 12 heteroatoms. The molecule has 0 saturated carbocycles. The lowest BCUT2D eigenvalue weighted by Crippen LogP contribution is -2.49. The van der Waals surface area contributed by atoms with Gasteiger partial charge in [0, 0.05) is 18.7 Å². The van der Waals surface area contributed by atoms with Crippen LogP contribution in [0.25, 0.3) is 0 Å². The molecule has 0 aliphatic heterocycles. The monoisotopic (exact) mass is 460 g/mol. The molecule has 158 valence electrons. The number of halogens is 1. The summed E-state index contributed by atoms with van der Waals surface area (Å²) in [7, 11) is -2.41. The Hall–Kier alpha value is -2.18. The molecule has 0 fully saturated rings. The normalized spacial score (nSPS) is 12.2. The van der Waals surface area contributed by atoms with E-state index in [1.54, 1.807) is 19.2 Å². The molecular formula is C17H21ClN4O5S2. The number of hydrogen-bond donors (Lipinski definition) is 4. The first-order valence-electron chi connectivity index (χ1n) is 8.40. The van der Waals surface area contributed by atoms with E-state index in [2.05, 4.69) is 20.9 Å². The van der Waals surface area contributed by atoms with Crippen molar-refractivity contribution in [3.8, 4) is 0 Å². The van der Waals surface area contributed by atoms with Gasteiger partial charge in [0.2, 0.25) is 10.0 Å². The van der Waals surface area contributed by atoms with Crippen molar-refractivity contribution in [2.24, 2.45) is 0 Å². The van der Waals surface area contributed by atoms with Crippen molar-refractivity contribution in [3.63, 3.8) is 0 Å². The number of carbonyl (C=O) groups excluding carboxylic acids is 1. The molecule has 1 aromatic carbocycles. The second kappa shape index (κ2) is 10.6. The molecule has 0 bridgehead atoms. The summed E-state index contributed by atoms with van der Waals surface area (Å²) in [5.41, 5.74) is 5.01. The van der Waals surface area contributed by atoms with Crippen LogP contribution in [-0.2, 0) is 21.3 Å². The summed E-state index contributed by atoms with van der Waals surface area (Å²) in [6, 6.07) is 7.11. The van der Waals surface area contributed by atoms with Crippen LogP contribution in [0.2, 0.25) is 5.02 Å². The Morgan fingerprint density at radius 1 is 1.31 bits per heavy atom. The Morgan fingerprint density at radius 2 is 2.07 bits per heavy atom. The number of methoxy groups -OCH3 is 1. The highest BCUT2D eigenvalue weighted by molar-refractivity contribution is 7.89. The van der Waals surface area contributed by atoms with E-state index >= 15 is 0 Å². The van der Waals surface area contributed by atoms with Crippen LogP contribution in [0.3, 0.4) is 0 Å². The van der Waals surface area contributed by atoms with Gasteiger partial charge in [-0.15, -0.1) is 0 Å². The highest BCUT2D eigenvalue weighted by Crippen LogP contribution is 2.23. The predicted octanol–water partition coefficient (Wildman–Crippen LogP) is 1.56. The molecule has 4 N–H and O–H groups in total. The zero-order valence-corrected chi connectivity index (χ0v) is 18.1. The first-order valence-corrected chi connectivity index (χ1v) is 10.7. The van der Waals surface area contributed by atoms with Crippen molar-refractivity contribution in [2.45, 2.75) is 24.4 Å². The molecule has 1 heterocycles. The molecular weight excluding hydrogens is 440 g/mol. The fourth-order valence-electron chi connectivity index (χ4n) is 2.24. The number of hydrazine groups is 1. The smallest absolute Gasteiger partial charge is 0.269 e. The Balaban J connectivity index is 2.03. The third-order valence-corrected chi connectivity index (χ3v) is 5.69. The Labute approximate surface area is 179 Å². The predicted molar refractivity (Wildman–Crippen MR) is 112 cm³/mol. The van der Waals surface area contributed by atoms with E-state index in [-0.39, 0.29) is 33.2 Å². The van der Waals surface area contributed by atoms with Gasteiger partial charge in [-0.3, -0.25) is 15.6 Å². The Bertz CT molecular complexity index is 951. The maximum Gasteiger partial charge on any atom is 0.269 e. The maximum absolute atomic E-state index is 12.5. The van der Waals surface area contributed by atoms with E-state index in [0.717, 1.165) is 0 Å². The zero-order valence-electron chi connectivity index (χ0n) is 15.7. The number of nitrogens with one attached hydrogen (secondary N) is 4. The van der Waals surface area contributed by atoms with Crippen LogP contribution in [0.4, 0.5) is 0 Å². The van der Waals surface area contributed by atoms with E-state index in [1.165, 1.54) is 24.5 Å². The van der Waals surface area contributed by atoms with Crippen LogP contribution in [0, 0.1) is 0 Å². The van der Waals surface area contributed by atoms with Crippen LogP contribution in [0.15, 0.2) is 45.9 Å². The van der Waals surface area contributed by atoms with Crippen molar-refractivity contribution in [3.05, 3.63) is 52.9 Å². The number of amides is 1. The lowest BCUT2D eigenvalue weighted by Gasteiger charge is -2.16. The van der Waals surface area contributed by atoms with Gasteiger partial charge in [-0.2, -0.15) is 0 Å². The minimum atomic E-state index is -3.97. The standard InChI is InChI=1S/C17H21ClN4O5S2/c1-11(10-26-2)20-17(28)22-21-16(23)12-5-6-14(18)15(8-12)29(24,25)19-9-13-4-3-7-27-13/h3-8,11,19H,9-10H2,1-2H3,(H,21,23)(H2,20,22,28). The topological polar surface area (TPSA) is 122 Å². The molecule has 0 aliphatic rings. The lowest BCUT2D eigenvalue weighted by atomic mass is 10.2. The van der Waals surface area contributed by atoms with Crippen LogP contribution in [-0.4, -0.2) is 39.2 Å². The number of rotatable bonds is 8. The van der Waals surface area contributed by atoms with Gasteiger partial charge in [-0.1, -0.05) is 11.6 Å². The summed E-state index contributed by atoms with van der Waals surface area (Å²) in [6.45, 7) is 2.23. The van der Waals surface area contributed by atoms with E-state index < -0.39 is 15.9 Å². The number of thiocarbonyl (C=S) groups is 1. The van der Waals surface area contributed by atoms with Gasteiger partial charge in [-0.05, 0) is 49.5 Å². The third-order valence-electron chi connectivity index (χ3n) is 3.58. The Kier molecular flexibility index (Phi) is 8.41. The lowest BCUT2D eigenvalue weighted by molar-refractivity contribution is 0.0943. The molecule has 2 rings (SSSR count). The van der Waals surface area contributed by atoms with Crippen LogP contribution in [0.5, 0.6) is 0 Å². The maximum atomic E-state index is 12.5. The summed E-state index contributed by atoms with van der Waals surface area (Å²) in [4.78, 5) is 12.1. The van der Waals surface area contributed by atoms with Gasteiger partial charge in [0.1, 0.15) is 10.7 Å². The molecule has 1 atom stereocenters. The molecule has 29 heavy (non-hydrogen) atoms. The largest absolute Gasteiger partial charge is 0.468 e. The molecule has 0 saturated heterocycles. The van der Waals surface area contributed by atoms with Crippen LogP contribution in [0.1, 0.15) is 23.0 Å². The summed E-state index contributed by atoms with van der Waals surface area (Å²) in [6.07, 6.45) is 1.43. The summed E-state index contributed by atoms with van der Waals surface area (Å²) < 4.78 is 37.5. The highest BCUT2D eigenvalue weighted by atomic mass is 35.5. The van der Waals surface area contributed by atoms with E-state index in [0.29, 0.717) is 12.4 Å². The molecule has 1 unspecified atom stereocenters. The van der Waals surface area contributed by atoms with E-state index in [9.17, 15) is 13.2 Å². The van der Waals surface area contributed by atoms with E-state index in [4.69, 9.17) is 33.0 Å². The summed E-state index contributed by atoms with van der Waals surface area (Å²) in [5.74, 6) is -0.154. The highest BCUT2D eigenvalue weighted by Gasteiger charge is 2.20. The van der Waals surface area contributed by atoms with Crippen molar-refractivity contribution < 1.29 is 22.4 Å². The summed E-state index contributed by atoms with van der Waals surface area (Å²) >= 11 is 11.1.